The molecule has 2 aliphatic rings. The molecule has 34 heavy (non-hydrogen) atoms. The monoisotopic (exact) mass is 500 g/mol. The Bertz CT molecular complexity index is 849. The van der Waals surface area contributed by atoms with Gasteiger partial charge in [0, 0.05) is 30.6 Å². The Labute approximate surface area is 203 Å². The molecule has 0 spiro atoms. The van der Waals surface area contributed by atoms with Crippen LogP contribution in [0.4, 0.5) is 5.88 Å². The van der Waals surface area contributed by atoms with Gasteiger partial charge in [0.15, 0.2) is 6.29 Å². The second-order valence-electron chi connectivity index (χ2n) is 10.3. The molecule has 0 bridgehead atoms. The van der Waals surface area contributed by atoms with Crippen molar-refractivity contribution in [3.8, 4) is 0 Å². The highest BCUT2D eigenvalue weighted by Crippen LogP contribution is 2.55. The molecule has 194 valence electrons. The van der Waals surface area contributed by atoms with Crippen molar-refractivity contribution < 1.29 is 32.6 Å². The van der Waals surface area contributed by atoms with Gasteiger partial charge >= 0.3 is 0 Å². The molecule has 1 unspecified atom stereocenters. The van der Waals surface area contributed by atoms with E-state index in [1.54, 1.807) is 13.2 Å². The molecule has 1 saturated heterocycles. The van der Waals surface area contributed by atoms with Crippen molar-refractivity contribution in [2.45, 2.75) is 95.2 Å². The molecule has 1 aromatic rings. The molecule has 10 heteroatoms. The summed E-state index contributed by atoms with van der Waals surface area (Å²) in [7, 11) is -1.67. The number of ether oxygens (including phenoxy) is 3. The predicted molar refractivity (Wildman–Crippen MR) is 132 cm³/mol. The van der Waals surface area contributed by atoms with Crippen LogP contribution in [0.3, 0.4) is 0 Å². The van der Waals surface area contributed by atoms with E-state index in [-0.39, 0.29) is 18.3 Å². The number of aromatic nitrogens is 1. The highest BCUT2D eigenvalue weighted by molar-refractivity contribution is 8.28. The summed E-state index contributed by atoms with van der Waals surface area (Å²) < 4.78 is 42.6. The number of carbonyl (C=O) groups is 1. The first-order valence-corrected chi connectivity index (χ1v) is 13.6. The molecule has 1 aromatic heterocycles. The summed E-state index contributed by atoms with van der Waals surface area (Å²) >= 11 is 0. The quantitative estimate of drug-likeness (QED) is 0.410. The first-order valence-electron chi connectivity index (χ1n) is 12.0. The van der Waals surface area contributed by atoms with Gasteiger partial charge in [-0.15, -0.1) is 0 Å². The van der Waals surface area contributed by atoms with Crippen molar-refractivity contribution in [3.63, 3.8) is 0 Å². The van der Waals surface area contributed by atoms with E-state index in [1.807, 2.05) is 13.8 Å². The standard InChI is InChI=1S/C24H40N2O7S/c1-23(2,16-32-21-8-6-7-13-31-21)19-14-20(33-26-19)25-22(27)24(3,4)34(28,29)15-17-9-11-18(30-5)12-10-17/h14-15,18,21,28-29H,6-13,16H2,1-5H3,(H,25,27). The Hall–Kier alpha value is -1.43. The SMILES string of the molecule is COC1CCC(=CS(O)(O)C(C)(C)C(=O)Nc2cc(C(C)(C)COC3CCCCO3)no2)CC1. The maximum absolute atomic E-state index is 13.0. The number of nitrogens with one attached hydrogen (secondary N) is 1. The lowest BCUT2D eigenvalue weighted by Gasteiger charge is -2.43. The van der Waals surface area contributed by atoms with E-state index in [1.165, 1.54) is 19.3 Å². The number of amides is 1. The van der Waals surface area contributed by atoms with Gasteiger partial charge in [-0.2, -0.15) is 10.6 Å². The minimum absolute atomic E-state index is 0.151. The van der Waals surface area contributed by atoms with Gasteiger partial charge in [0.2, 0.25) is 5.88 Å². The molecule has 1 amide bonds. The molecule has 0 aromatic carbocycles. The average molecular weight is 501 g/mol. The van der Waals surface area contributed by atoms with Crippen LogP contribution in [-0.4, -0.2) is 57.6 Å². The lowest BCUT2D eigenvalue weighted by atomic mass is 9.90. The van der Waals surface area contributed by atoms with Gasteiger partial charge < -0.3 is 18.7 Å². The van der Waals surface area contributed by atoms with E-state index in [0.29, 0.717) is 18.9 Å². The van der Waals surface area contributed by atoms with Crippen molar-refractivity contribution in [1.82, 2.24) is 5.16 Å². The molecule has 1 aliphatic heterocycles. The van der Waals surface area contributed by atoms with Crippen LogP contribution in [0.1, 0.15) is 78.3 Å². The number of allylic oxidation sites excluding steroid dienone is 1. The predicted octanol–water partition coefficient (Wildman–Crippen LogP) is 5.44. The van der Waals surface area contributed by atoms with E-state index in [0.717, 1.165) is 50.5 Å². The van der Waals surface area contributed by atoms with Gasteiger partial charge in [0.25, 0.3) is 5.91 Å². The van der Waals surface area contributed by atoms with E-state index in [2.05, 4.69) is 10.5 Å². The van der Waals surface area contributed by atoms with Crippen molar-refractivity contribution in [2.24, 2.45) is 0 Å². The van der Waals surface area contributed by atoms with Gasteiger partial charge in [-0.25, -0.2) is 0 Å². The Balaban J connectivity index is 1.61. The number of carbonyl (C=O) groups excluding carboxylic acids is 1. The summed E-state index contributed by atoms with van der Waals surface area (Å²) in [4.78, 5) is 13.0. The molecule has 9 nitrogen and oxygen atoms in total. The Morgan fingerprint density at radius 3 is 2.56 bits per heavy atom. The summed E-state index contributed by atoms with van der Waals surface area (Å²) in [5.41, 5.74) is 1.11. The number of hydrogen-bond donors (Lipinski definition) is 3. The fourth-order valence-corrected chi connectivity index (χ4v) is 5.28. The third kappa shape index (κ3) is 6.61. The summed E-state index contributed by atoms with van der Waals surface area (Å²) in [6.45, 7) is 8.10. The average Bonchev–Trinajstić information content (AvgIpc) is 3.28. The summed E-state index contributed by atoms with van der Waals surface area (Å²) in [5, 5.41) is 8.25. The molecule has 1 aliphatic carbocycles. The molecule has 1 atom stereocenters. The second-order valence-corrected chi connectivity index (χ2v) is 12.8. The molecule has 3 rings (SSSR count). The van der Waals surface area contributed by atoms with Gasteiger partial charge in [-0.3, -0.25) is 19.2 Å². The first kappa shape index (κ1) is 27.2. The van der Waals surface area contributed by atoms with E-state index in [4.69, 9.17) is 18.7 Å². The van der Waals surface area contributed by atoms with Gasteiger partial charge in [-0.1, -0.05) is 24.6 Å². The van der Waals surface area contributed by atoms with Gasteiger partial charge in [0.1, 0.15) is 4.75 Å². The maximum Gasteiger partial charge on any atom is 0.252 e. The molecule has 3 N–H and O–H groups in total. The minimum Gasteiger partial charge on any atom is -0.381 e. The van der Waals surface area contributed by atoms with Crippen molar-refractivity contribution in [1.29, 1.82) is 0 Å². The van der Waals surface area contributed by atoms with Crippen LogP contribution in [-0.2, 0) is 24.4 Å². The number of anilines is 1. The molecule has 1 saturated carbocycles. The Morgan fingerprint density at radius 2 is 1.94 bits per heavy atom. The second kappa shape index (κ2) is 11.1. The largest absolute Gasteiger partial charge is 0.381 e. The summed E-state index contributed by atoms with van der Waals surface area (Å²) in [5.74, 6) is -0.402. The van der Waals surface area contributed by atoms with Crippen molar-refractivity contribution in [3.05, 3.63) is 22.7 Å². The van der Waals surface area contributed by atoms with Gasteiger partial charge in [-0.05, 0) is 58.8 Å². The fraction of sp³-hybridized carbons (Fsp3) is 0.750. The summed E-state index contributed by atoms with van der Waals surface area (Å²) in [6, 6.07) is 1.65. The number of nitrogens with zero attached hydrogens (tertiary/aromatic N) is 1. The lowest BCUT2D eigenvalue weighted by molar-refractivity contribution is -0.170. The van der Waals surface area contributed by atoms with Crippen LogP contribution < -0.4 is 5.32 Å². The summed E-state index contributed by atoms with van der Waals surface area (Å²) in [6.07, 6.45) is 6.12. The zero-order valence-corrected chi connectivity index (χ0v) is 21.8. The van der Waals surface area contributed by atoms with Crippen molar-refractivity contribution in [2.75, 3.05) is 25.6 Å². The first-order chi connectivity index (χ1) is 15.9. The number of hydrogen-bond acceptors (Lipinski definition) is 8. The third-order valence-electron chi connectivity index (χ3n) is 6.75. The lowest BCUT2D eigenvalue weighted by Crippen LogP contribution is -2.41. The van der Waals surface area contributed by atoms with E-state index < -0.39 is 26.7 Å². The molecule has 2 heterocycles. The van der Waals surface area contributed by atoms with Crippen LogP contribution in [0.2, 0.25) is 0 Å². The highest BCUT2D eigenvalue weighted by Gasteiger charge is 2.41. The molecule has 2 fully saturated rings. The van der Waals surface area contributed by atoms with Crippen LogP contribution in [0.5, 0.6) is 0 Å². The Kier molecular flexibility index (Phi) is 8.86. The third-order valence-corrected chi connectivity index (χ3v) is 9.09. The zero-order valence-electron chi connectivity index (χ0n) is 21.0. The van der Waals surface area contributed by atoms with Crippen molar-refractivity contribution >= 4 is 22.4 Å². The molecular formula is C24H40N2O7S. The topological polar surface area (TPSA) is 123 Å². The van der Waals surface area contributed by atoms with Crippen LogP contribution >= 0.6 is 10.6 Å². The van der Waals surface area contributed by atoms with Crippen LogP contribution in [0.15, 0.2) is 21.6 Å². The number of rotatable bonds is 9. The van der Waals surface area contributed by atoms with Gasteiger partial charge in [0.05, 0.1) is 18.4 Å². The fourth-order valence-electron chi connectivity index (χ4n) is 3.97. The smallest absolute Gasteiger partial charge is 0.252 e. The normalized spacial score (nSPS) is 23.0. The van der Waals surface area contributed by atoms with E-state index in [9.17, 15) is 13.9 Å². The Morgan fingerprint density at radius 1 is 1.24 bits per heavy atom. The minimum atomic E-state index is -3.36. The van der Waals surface area contributed by atoms with Crippen LogP contribution in [0, 0.1) is 0 Å². The van der Waals surface area contributed by atoms with E-state index >= 15 is 0 Å². The number of methoxy groups -OCH3 is 1. The molecule has 0 radical (unpaired) electrons. The van der Waals surface area contributed by atoms with Crippen LogP contribution in [0.25, 0.3) is 0 Å². The highest BCUT2D eigenvalue weighted by atomic mass is 32.3. The molecular weight excluding hydrogens is 460 g/mol. The zero-order chi connectivity index (χ0) is 25.0. The maximum atomic E-state index is 13.0.